The molecule has 10 nitrogen and oxygen atoms in total. The summed E-state index contributed by atoms with van der Waals surface area (Å²) in [7, 11) is 0. The number of rotatable bonds is 10. The fraction of sp³-hybridized carbons (Fsp3) is 0. The van der Waals surface area contributed by atoms with Crippen LogP contribution in [0.25, 0.3) is 45.4 Å². The third-order valence-electron chi connectivity index (χ3n) is 9.58. The van der Waals surface area contributed by atoms with Gasteiger partial charge in [-0.2, -0.15) is 0 Å². The first-order valence-electron chi connectivity index (χ1n) is 18.7. The minimum atomic E-state index is -3.36. The van der Waals surface area contributed by atoms with Crippen molar-refractivity contribution in [2.45, 2.75) is 0 Å². The predicted octanol–water partition coefficient (Wildman–Crippen LogP) is 11.5. The van der Waals surface area contributed by atoms with Gasteiger partial charge in [0.05, 0.1) is 11.4 Å². The van der Waals surface area contributed by atoms with Gasteiger partial charge in [-0.15, -0.1) is 20.5 Å². The van der Waals surface area contributed by atoms with E-state index in [1.807, 2.05) is 109 Å². The number of amidine groups is 2. The molecule has 0 atom stereocenters. The number of hydrogen-bond donors (Lipinski definition) is 6. The van der Waals surface area contributed by atoms with Crippen LogP contribution in [-0.2, 0) is 0 Å². The number of para-hydroxylation sites is 2. The second-order valence-electron chi connectivity index (χ2n) is 13.5. The Balaban J connectivity index is 1.17. The van der Waals surface area contributed by atoms with Gasteiger partial charge in [0.2, 0.25) is 0 Å². The quantitative estimate of drug-likeness (QED) is 0.0348. The number of aromatic hydroxyl groups is 2. The van der Waals surface area contributed by atoms with Crippen molar-refractivity contribution in [3.8, 4) is 11.8 Å². The van der Waals surface area contributed by atoms with Crippen molar-refractivity contribution in [1.29, 1.82) is 10.8 Å². The van der Waals surface area contributed by atoms with Crippen LogP contribution < -0.4 is 10.4 Å². The van der Waals surface area contributed by atoms with E-state index in [-0.39, 0.29) is 33.5 Å². The molecule has 6 N–H and O–H groups in total. The van der Waals surface area contributed by atoms with Crippen LogP contribution >= 0.6 is 22.4 Å². The lowest BCUT2D eigenvalue weighted by molar-refractivity contribution is 0.456. The Labute approximate surface area is 356 Å². The lowest BCUT2D eigenvalue weighted by Gasteiger charge is -2.29. The normalized spacial score (nSPS) is 12.6. The van der Waals surface area contributed by atoms with E-state index in [2.05, 4.69) is 30.4 Å². The average Bonchev–Trinajstić information content (AvgIpc) is 3.78. The smallest absolute Gasteiger partial charge is 0.256 e. The molecule has 0 bridgehead atoms. The first-order chi connectivity index (χ1) is 29.7. The van der Waals surface area contributed by atoms with Crippen LogP contribution in [0.5, 0.6) is 11.8 Å². The van der Waals surface area contributed by atoms with E-state index in [1.54, 1.807) is 36.4 Å². The molecule has 8 rings (SSSR count). The van der Waals surface area contributed by atoms with Crippen LogP contribution in [0.1, 0.15) is 22.3 Å². The van der Waals surface area contributed by atoms with Crippen LogP contribution in [0.2, 0.25) is 0 Å². The number of azo groups is 2. The summed E-state index contributed by atoms with van der Waals surface area (Å²) in [6.45, 7) is 0. The molecule has 300 valence electrons. The summed E-state index contributed by atoms with van der Waals surface area (Å²) >= 11 is 2.33. The first-order valence-corrected chi connectivity index (χ1v) is 23.8. The maximum absolute atomic E-state index is 14.1. The van der Waals surface area contributed by atoms with E-state index in [0.717, 1.165) is 21.1 Å². The van der Waals surface area contributed by atoms with Crippen molar-refractivity contribution in [3.05, 3.63) is 192 Å². The number of nitrogens with one attached hydrogen (secondary N) is 4. The van der Waals surface area contributed by atoms with Crippen molar-refractivity contribution in [2.24, 2.45) is 20.5 Å². The van der Waals surface area contributed by atoms with Gasteiger partial charge in [0.1, 0.15) is 11.6 Å². The van der Waals surface area contributed by atoms with Crippen LogP contribution in [0, 0.1) is 22.5 Å². The highest BCUT2D eigenvalue weighted by Gasteiger charge is 2.43. The van der Waals surface area contributed by atoms with Gasteiger partial charge < -0.3 is 20.2 Å². The molecule has 0 spiro atoms. The van der Waals surface area contributed by atoms with E-state index in [0.29, 0.717) is 33.3 Å². The lowest BCUT2D eigenvalue weighted by atomic mass is 10.1. The fourth-order valence-electron chi connectivity index (χ4n) is 6.70. The zero-order valence-corrected chi connectivity index (χ0v) is 34.6. The highest BCUT2D eigenvalue weighted by atomic mass is 32.6. The Bertz CT molecular complexity index is 2800. The SMILES string of the molecule is N=C(N=N/C(=C\c1c(O)[nH]c2ccccc12)c1ccc(F)cc1)S[Si](SC(=N)N=N/C(=C/c1c(O)[nH]c2ccccc12)c1ccc(F)cc1)(c1ccccc1)c1ccccc1. The van der Waals surface area contributed by atoms with Gasteiger partial charge in [0, 0.05) is 44.1 Å². The van der Waals surface area contributed by atoms with E-state index in [9.17, 15) is 29.8 Å². The molecule has 0 saturated carbocycles. The summed E-state index contributed by atoms with van der Waals surface area (Å²) in [6.07, 6.45) is -0.0919. The second kappa shape index (κ2) is 18.0. The summed E-state index contributed by atoms with van der Waals surface area (Å²) in [6, 6.07) is 45.3. The summed E-state index contributed by atoms with van der Waals surface area (Å²) in [5.41, 5.74) is 3.87. The summed E-state index contributed by atoms with van der Waals surface area (Å²) in [5, 5.41) is 61.0. The number of hydrogen-bond acceptors (Lipinski definition) is 8. The van der Waals surface area contributed by atoms with Gasteiger partial charge in [0.15, 0.2) is 22.1 Å². The third-order valence-corrected chi connectivity index (χ3v) is 20.1. The molecule has 61 heavy (non-hydrogen) atoms. The van der Waals surface area contributed by atoms with Gasteiger partial charge in [-0.05, 0) is 83.2 Å². The number of aromatic amines is 2. The third kappa shape index (κ3) is 9.03. The molecule has 0 aliphatic rings. The first kappa shape index (κ1) is 40.6. The monoisotopic (exact) mass is 860 g/mol. The molecule has 6 aromatic carbocycles. The van der Waals surface area contributed by atoms with E-state index in [4.69, 9.17) is 0 Å². The van der Waals surface area contributed by atoms with E-state index in [1.165, 1.54) is 46.7 Å². The summed E-state index contributed by atoms with van der Waals surface area (Å²) < 4.78 is 28.1. The molecule has 0 saturated heterocycles. The average molecular weight is 861 g/mol. The van der Waals surface area contributed by atoms with Crippen molar-refractivity contribution in [2.75, 3.05) is 0 Å². The molecule has 0 aliphatic carbocycles. The van der Waals surface area contributed by atoms with Crippen molar-refractivity contribution in [1.82, 2.24) is 9.97 Å². The number of halogens is 2. The second-order valence-corrected chi connectivity index (χ2v) is 22.7. The zero-order valence-electron chi connectivity index (χ0n) is 31.9. The Morgan fingerprint density at radius 3 is 1.25 bits per heavy atom. The maximum atomic E-state index is 14.1. The number of fused-ring (bicyclic) bond motifs is 2. The van der Waals surface area contributed by atoms with E-state index < -0.39 is 18.0 Å². The molecular weight excluding hydrogens is 827 g/mol. The number of H-pyrrole nitrogens is 2. The van der Waals surface area contributed by atoms with Crippen molar-refractivity contribution < 1.29 is 19.0 Å². The minimum Gasteiger partial charge on any atom is -0.494 e. The lowest BCUT2D eigenvalue weighted by Crippen LogP contribution is -2.54. The summed E-state index contributed by atoms with van der Waals surface area (Å²) in [5.74, 6) is -1.04. The molecule has 0 radical (unpaired) electrons. The highest BCUT2D eigenvalue weighted by Crippen LogP contribution is 2.37. The Morgan fingerprint density at radius 2 is 0.852 bits per heavy atom. The standard InChI is InChI=1S/C46H34F2N8O2S2Si/c47-31-23-19-29(20-24-31)41(27-37-35-15-7-9-17-39(35)51-43(37)57)53-55-45(49)59-61(33-11-3-1-4-12-33,34-13-5-2-6-14-34)60-46(50)56-54-42(30-21-25-32(48)26-22-30)28-38-36-16-8-10-18-40(36)52-44(38)58/h1-28,49-52,57-58H/b41-27-,42-28+,49-45?,50-46?,55-53?,56-54?. The number of nitrogens with zero attached hydrogens (tertiary/aromatic N) is 4. The van der Waals surface area contributed by atoms with Gasteiger partial charge in [-0.3, -0.25) is 10.8 Å². The van der Waals surface area contributed by atoms with Crippen molar-refractivity contribution in [3.63, 3.8) is 0 Å². The largest absolute Gasteiger partial charge is 0.494 e. The van der Waals surface area contributed by atoms with Crippen LogP contribution in [-0.4, -0.2) is 36.9 Å². The molecule has 2 aromatic heterocycles. The molecule has 0 unspecified atom stereocenters. The number of aromatic nitrogens is 2. The highest BCUT2D eigenvalue weighted by molar-refractivity contribution is 8.69. The van der Waals surface area contributed by atoms with Crippen molar-refractivity contribution >= 4 is 94.9 Å². The maximum Gasteiger partial charge on any atom is 0.256 e. The van der Waals surface area contributed by atoms with Crippen LogP contribution in [0.4, 0.5) is 8.78 Å². The molecule has 2 heterocycles. The number of benzene rings is 6. The molecule has 15 heteroatoms. The Morgan fingerprint density at radius 1 is 0.492 bits per heavy atom. The van der Waals surface area contributed by atoms with Gasteiger partial charge in [0.25, 0.3) is 6.37 Å². The van der Waals surface area contributed by atoms with Crippen LogP contribution in [0.15, 0.2) is 178 Å². The van der Waals surface area contributed by atoms with Crippen LogP contribution in [0.3, 0.4) is 0 Å². The molecular formula is C46H34F2N8O2S2Si. The molecule has 0 fully saturated rings. The Hall–Kier alpha value is -7.20. The zero-order chi connectivity index (χ0) is 42.3. The van der Waals surface area contributed by atoms with Gasteiger partial charge in [-0.1, -0.05) is 119 Å². The molecule has 0 aliphatic heterocycles. The minimum absolute atomic E-state index is 0.0835. The molecule has 8 aromatic rings. The molecule has 0 amide bonds. The van der Waals surface area contributed by atoms with Gasteiger partial charge in [-0.25, -0.2) is 8.78 Å². The van der Waals surface area contributed by atoms with Gasteiger partial charge >= 0.3 is 0 Å². The Kier molecular flexibility index (Phi) is 11.9. The topological polar surface area (TPSA) is 169 Å². The fourth-order valence-corrected chi connectivity index (χ4v) is 16.4. The predicted molar refractivity (Wildman–Crippen MR) is 247 cm³/mol. The van der Waals surface area contributed by atoms with E-state index >= 15 is 0 Å². The summed E-state index contributed by atoms with van der Waals surface area (Å²) in [4.78, 5) is 5.92.